The van der Waals surface area contributed by atoms with Crippen molar-refractivity contribution in [3.63, 3.8) is 0 Å². The number of phenols is 2. The topological polar surface area (TPSA) is 93.1 Å². The molecule has 2 aromatic rings. The molecule has 0 amide bonds. The first-order valence-corrected chi connectivity index (χ1v) is 14.5. The number of carbonyl (C=O) groups is 2. The molecule has 2 atom stereocenters. The second-order valence-corrected chi connectivity index (χ2v) is 11.7. The van der Waals surface area contributed by atoms with Gasteiger partial charge in [-0.2, -0.15) is 0 Å². The van der Waals surface area contributed by atoms with Crippen molar-refractivity contribution in [3.05, 3.63) is 58.1 Å². The van der Waals surface area contributed by atoms with Gasteiger partial charge in [0.25, 0.3) is 0 Å². The van der Waals surface area contributed by atoms with Crippen LogP contribution in [0.1, 0.15) is 108 Å². The lowest BCUT2D eigenvalue weighted by atomic mass is 9.57. The van der Waals surface area contributed by atoms with Gasteiger partial charge in [0.15, 0.2) is 5.78 Å². The average Bonchev–Trinajstić information content (AvgIpc) is 2.95. The van der Waals surface area contributed by atoms with E-state index >= 15 is 0 Å². The number of carbonyl (C=O) groups excluding carboxylic acids is 2. The highest BCUT2D eigenvalue weighted by Crippen LogP contribution is 2.52. The first-order chi connectivity index (χ1) is 18.5. The van der Waals surface area contributed by atoms with Crippen LogP contribution < -0.4 is 0 Å². The Kier molecular flexibility index (Phi) is 7.04. The summed E-state index contributed by atoms with van der Waals surface area (Å²) in [6, 6.07) is 8.01. The van der Waals surface area contributed by atoms with E-state index in [4.69, 9.17) is 9.47 Å². The van der Waals surface area contributed by atoms with E-state index in [9.17, 15) is 19.8 Å². The van der Waals surface area contributed by atoms with Gasteiger partial charge < -0.3 is 19.7 Å². The molecule has 1 saturated carbocycles. The maximum absolute atomic E-state index is 13.6. The predicted octanol–water partition coefficient (Wildman–Crippen LogP) is 6.12. The minimum atomic E-state index is -0.512. The van der Waals surface area contributed by atoms with E-state index in [0.29, 0.717) is 12.3 Å². The van der Waals surface area contributed by atoms with Crippen molar-refractivity contribution in [2.75, 3.05) is 13.2 Å². The minimum Gasteiger partial charge on any atom is -0.507 e. The second-order valence-electron chi connectivity index (χ2n) is 11.7. The fourth-order valence-corrected chi connectivity index (χ4v) is 7.87. The lowest BCUT2D eigenvalue weighted by molar-refractivity contribution is -0.182. The summed E-state index contributed by atoms with van der Waals surface area (Å²) < 4.78 is 13.1. The molecule has 38 heavy (non-hydrogen) atoms. The highest BCUT2D eigenvalue weighted by atomic mass is 16.5. The molecule has 2 aliphatic heterocycles. The van der Waals surface area contributed by atoms with Crippen LogP contribution in [0.15, 0.2) is 30.3 Å². The van der Waals surface area contributed by atoms with E-state index in [1.807, 2.05) is 6.07 Å². The normalized spacial score (nSPS) is 25.9. The van der Waals surface area contributed by atoms with E-state index in [-0.39, 0.29) is 57.2 Å². The van der Waals surface area contributed by atoms with Gasteiger partial charge in [-0.05, 0) is 87.5 Å². The summed E-state index contributed by atoms with van der Waals surface area (Å²) >= 11 is 0. The standard InChI is InChI=1S/C32H38O6/c33-24-12-8-11-22-28(24)31(36)29-23(30(22)35)17-20(18-25(29)34)19-32(21-9-2-1-3-10-21,26-13-4-6-15-37-26)27-14-5-7-16-38-27/h8,11-12,17-18,21,26-27,33-34H,1-7,9-10,13-16,19H2. The quantitative estimate of drug-likeness (QED) is 0.423. The van der Waals surface area contributed by atoms with Crippen LogP contribution in [-0.2, 0) is 15.9 Å². The Labute approximate surface area is 224 Å². The van der Waals surface area contributed by atoms with E-state index in [2.05, 4.69) is 0 Å². The fourth-order valence-electron chi connectivity index (χ4n) is 7.87. The number of hydrogen-bond donors (Lipinski definition) is 2. The molecule has 0 aromatic heterocycles. The molecule has 2 unspecified atom stereocenters. The summed E-state index contributed by atoms with van der Waals surface area (Å²) in [4.78, 5) is 26.9. The van der Waals surface area contributed by atoms with Crippen molar-refractivity contribution < 1.29 is 29.3 Å². The van der Waals surface area contributed by atoms with Gasteiger partial charge in [-0.25, -0.2) is 0 Å². The summed E-state index contributed by atoms with van der Waals surface area (Å²) in [6.07, 6.45) is 13.1. The van der Waals surface area contributed by atoms with Gasteiger partial charge in [0.05, 0.1) is 23.3 Å². The van der Waals surface area contributed by atoms with Crippen LogP contribution >= 0.6 is 0 Å². The molecule has 0 spiro atoms. The number of benzene rings is 2. The first-order valence-electron chi connectivity index (χ1n) is 14.5. The third-order valence-corrected chi connectivity index (χ3v) is 9.60. The van der Waals surface area contributed by atoms with Crippen molar-refractivity contribution in [2.24, 2.45) is 11.3 Å². The number of hydrogen-bond acceptors (Lipinski definition) is 6. The molecular formula is C32H38O6. The minimum absolute atomic E-state index is 0.0150. The summed E-state index contributed by atoms with van der Waals surface area (Å²) in [5.74, 6) is -0.850. The molecule has 3 fully saturated rings. The summed E-state index contributed by atoms with van der Waals surface area (Å²) in [6.45, 7) is 1.52. The van der Waals surface area contributed by atoms with Crippen molar-refractivity contribution >= 4 is 11.6 Å². The predicted molar refractivity (Wildman–Crippen MR) is 143 cm³/mol. The Balaban J connectivity index is 1.46. The molecule has 2 heterocycles. The fraction of sp³-hybridized carbons (Fsp3) is 0.562. The molecule has 6 nitrogen and oxygen atoms in total. The average molecular weight is 519 g/mol. The van der Waals surface area contributed by atoms with Gasteiger partial charge in [-0.15, -0.1) is 0 Å². The summed E-state index contributed by atoms with van der Waals surface area (Å²) in [5, 5.41) is 21.5. The lowest BCUT2D eigenvalue weighted by Crippen LogP contribution is -2.56. The molecule has 2 saturated heterocycles. The number of aromatic hydroxyl groups is 2. The Morgan fingerprint density at radius 1 is 0.711 bits per heavy atom. The zero-order chi connectivity index (χ0) is 26.3. The largest absolute Gasteiger partial charge is 0.507 e. The molecule has 0 bridgehead atoms. The van der Waals surface area contributed by atoms with Crippen molar-refractivity contribution in [3.8, 4) is 11.5 Å². The van der Waals surface area contributed by atoms with Crippen LogP contribution in [0.4, 0.5) is 0 Å². The van der Waals surface area contributed by atoms with Gasteiger partial charge in [0.1, 0.15) is 11.5 Å². The smallest absolute Gasteiger partial charge is 0.201 e. The molecule has 202 valence electrons. The van der Waals surface area contributed by atoms with Gasteiger partial charge in [-0.1, -0.05) is 31.4 Å². The van der Waals surface area contributed by atoms with E-state index < -0.39 is 5.78 Å². The summed E-state index contributed by atoms with van der Waals surface area (Å²) in [7, 11) is 0. The van der Waals surface area contributed by atoms with Crippen LogP contribution in [0.5, 0.6) is 11.5 Å². The third kappa shape index (κ3) is 4.26. The maximum Gasteiger partial charge on any atom is 0.201 e. The van der Waals surface area contributed by atoms with Crippen molar-refractivity contribution in [1.82, 2.24) is 0 Å². The molecular weight excluding hydrogens is 480 g/mol. The van der Waals surface area contributed by atoms with E-state index in [1.165, 1.54) is 25.3 Å². The lowest BCUT2D eigenvalue weighted by Gasteiger charge is -2.54. The Morgan fingerprint density at radius 3 is 1.97 bits per heavy atom. The highest BCUT2D eigenvalue weighted by molar-refractivity contribution is 6.30. The van der Waals surface area contributed by atoms with Crippen LogP contribution in [0, 0.1) is 11.3 Å². The van der Waals surface area contributed by atoms with Crippen LogP contribution in [-0.4, -0.2) is 47.2 Å². The monoisotopic (exact) mass is 518 g/mol. The van der Waals surface area contributed by atoms with Crippen LogP contribution in [0.25, 0.3) is 0 Å². The Hall–Kier alpha value is -2.70. The zero-order valence-electron chi connectivity index (χ0n) is 22.0. The SMILES string of the molecule is O=C1c2cccc(O)c2C(=O)c2c(O)cc(CC(C3CCCCC3)(C3CCCCO3)C3CCCCO3)cc21. The third-order valence-electron chi connectivity index (χ3n) is 9.60. The number of ether oxygens (including phenoxy) is 2. The van der Waals surface area contributed by atoms with Crippen molar-refractivity contribution in [2.45, 2.75) is 89.3 Å². The van der Waals surface area contributed by atoms with Crippen molar-refractivity contribution in [1.29, 1.82) is 0 Å². The molecule has 4 aliphatic rings. The number of rotatable bonds is 5. The number of ketones is 2. The van der Waals surface area contributed by atoms with E-state index in [1.54, 1.807) is 18.2 Å². The zero-order valence-corrected chi connectivity index (χ0v) is 22.0. The Morgan fingerprint density at radius 2 is 1.34 bits per heavy atom. The van der Waals surface area contributed by atoms with Crippen LogP contribution in [0.3, 0.4) is 0 Å². The van der Waals surface area contributed by atoms with Crippen LogP contribution in [0.2, 0.25) is 0 Å². The molecule has 0 radical (unpaired) electrons. The molecule has 6 rings (SSSR count). The Bertz CT molecular complexity index is 1170. The number of fused-ring (bicyclic) bond motifs is 2. The molecule has 6 heteroatoms. The highest BCUT2D eigenvalue weighted by Gasteiger charge is 2.53. The second kappa shape index (κ2) is 10.5. The summed E-state index contributed by atoms with van der Waals surface area (Å²) in [5.41, 5.74) is 0.952. The van der Waals surface area contributed by atoms with Gasteiger partial charge in [0, 0.05) is 29.8 Å². The van der Waals surface area contributed by atoms with Gasteiger partial charge in [0.2, 0.25) is 5.78 Å². The molecule has 2 aliphatic carbocycles. The first kappa shape index (κ1) is 25.6. The molecule has 2 aromatic carbocycles. The van der Waals surface area contributed by atoms with Gasteiger partial charge >= 0.3 is 0 Å². The maximum atomic E-state index is 13.6. The molecule has 2 N–H and O–H groups in total. The van der Waals surface area contributed by atoms with E-state index in [0.717, 1.165) is 70.1 Å². The van der Waals surface area contributed by atoms with Gasteiger partial charge in [-0.3, -0.25) is 9.59 Å². The number of phenolic OH excluding ortho intramolecular Hbond substituents is 2.